The second-order valence-electron chi connectivity index (χ2n) is 9.79. The molecule has 200 valence electrons. The van der Waals surface area contributed by atoms with Crippen molar-refractivity contribution in [2.75, 3.05) is 30.1 Å². The summed E-state index contributed by atoms with van der Waals surface area (Å²) in [6, 6.07) is 16.6. The Morgan fingerprint density at radius 2 is 1.82 bits per heavy atom. The van der Waals surface area contributed by atoms with Crippen molar-refractivity contribution in [1.82, 2.24) is 20.0 Å². The van der Waals surface area contributed by atoms with Crippen LogP contribution < -0.4 is 10.3 Å². The van der Waals surface area contributed by atoms with Crippen molar-refractivity contribution in [3.8, 4) is 0 Å². The van der Waals surface area contributed by atoms with Crippen LogP contribution in [0.1, 0.15) is 55.1 Å². The molecule has 3 aromatic heterocycles. The summed E-state index contributed by atoms with van der Waals surface area (Å²) in [5, 5.41) is 12.4. The molecule has 0 spiro atoms. The first-order chi connectivity index (χ1) is 19.6. The summed E-state index contributed by atoms with van der Waals surface area (Å²) in [7, 11) is 0. The van der Waals surface area contributed by atoms with Crippen LogP contribution in [0, 0.1) is 0 Å². The zero-order valence-corrected chi connectivity index (χ0v) is 23.0. The average Bonchev–Trinajstić information content (AvgIpc) is 3.76. The number of hydrogen-bond acceptors (Lipinski definition) is 9. The van der Waals surface area contributed by atoms with Crippen LogP contribution in [-0.4, -0.2) is 57.6 Å². The van der Waals surface area contributed by atoms with Gasteiger partial charge in [0, 0.05) is 41.7 Å². The molecule has 5 aromatic rings. The van der Waals surface area contributed by atoms with Gasteiger partial charge in [-0.25, -0.2) is 15.0 Å². The number of aliphatic imine (C=N–C) groups is 1. The van der Waals surface area contributed by atoms with E-state index < -0.39 is 0 Å². The number of amides is 1. The van der Waals surface area contributed by atoms with Crippen molar-refractivity contribution in [2.45, 2.75) is 18.8 Å². The summed E-state index contributed by atoms with van der Waals surface area (Å²) in [5.41, 5.74) is 4.14. The number of nitrogens with zero attached hydrogens (tertiary/aromatic N) is 5. The Kier molecular flexibility index (Phi) is 6.46. The van der Waals surface area contributed by atoms with E-state index in [0.29, 0.717) is 46.4 Å². The molecule has 2 aromatic carbocycles. The first-order valence-electron chi connectivity index (χ1n) is 13.1. The van der Waals surface area contributed by atoms with Crippen molar-refractivity contribution in [3.63, 3.8) is 0 Å². The minimum Gasteiger partial charge on any atom is -0.324 e. The molecule has 0 saturated carbocycles. The highest BCUT2D eigenvalue weighted by molar-refractivity contribution is 7.12. The standard InChI is InChI=1S/C29H25N7O2S2/c37-26(18-4-2-1-3-5-18)20-6-7-21-22(14-20)33-29(32-21)34-27(38)23-16-40-28(31-23)19-8-11-35(12-9-19)36-17-30-15-25-24(36)10-13-39-25/h1-7,10,13-16,19H,8-9,11-12,17H2,(H2,32,33,34,38). The van der Waals surface area contributed by atoms with Gasteiger partial charge in [-0.2, -0.15) is 0 Å². The van der Waals surface area contributed by atoms with E-state index in [9.17, 15) is 9.59 Å². The number of piperidine rings is 1. The monoisotopic (exact) mass is 567 g/mol. The number of imidazole rings is 1. The van der Waals surface area contributed by atoms with E-state index in [-0.39, 0.29) is 11.7 Å². The molecule has 1 saturated heterocycles. The summed E-state index contributed by atoms with van der Waals surface area (Å²) >= 11 is 3.25. The zero-order valence-electron chi connectivity index (χ0n) is 21.4. The molecule has 0 bridgehead atoms. The Labute approximate surface area is 238 Å². The average molecular weight is 568 g/mol. The van der Waals surface area contributed by atoms with Gasteiger partial charge in [0.25, 0.3) is 5.91 Å². The van der Waals surface area contributed by atoms with E-state index in [0.717, 1.165) is 30.9 Å². The lowest BCUT2D eigenvalue weighted by Crippen LogP contribution is -2.48. The molecule has 0 aliphatic carbocycles. The Morgan fingerprint density at radius 3 is 2.67 bits per heavy atom. The number of rotatable bonds is 6. The van der Waals surface area contributed by atoms with E-state index in [1.54, 1.807) is 41.7 Å². The molecule has 2 aliphatic heterocycles. The van der Waals surface area contributed by atoms with Crippen molar-refractivity contribution < 1.29 is 9.59 Å². The van der Waals surface area contributed by atoms with Gasteiger partial charge in [-0.3, -0.25) is 24.9 Å². The van der Waals surface area contributed by atoms with Crippen LogP contribution in [0.25, 0.3) is 11.0 Å². The molecule has 0 atom stereocenters. The number of aromatic amines is 1. The highest BCUT2D eigenvalue weighted by atomic mass is 32.1. The molecule has 2 aliphatic rings. The number of ketones is 1. The molecule has 1 fully saturated rings. The van der Waals surface area contributed by atoms with Crippen LogP contribution in [-0.2, 0) is 0 Å². The minimum absolute atomic E-state index is 0.0656. The van der Waals surface area contributed by atoms with Gasteiger partial charge in [0.05, 0.1) is 26.6 Å². The van der Waals surface area contributed by atoms with E-state index in [1.807, 2.05) is 29.8 Å². The molecule has 0 radical (unpaired) electrons. The zero-order chi connectivity index (χ0) is 27.1. The number of aromatic nitrogens is 3. The van der Waals surface area contributed by atoms with Crippen LogP contribution in [0.5, 0.6) is 0 Å². The maximum atomic E-state index is 13.0. The molecule has 9 nitrogen and oxygen atoms in total. The Morgan fingerprint density at radius 1 is 0.975 bits per heavy atom. The summed E-state index contributed by atoms with van der Waals surface area (Å²) in [6.07, 6.45) is 3.91. The highest BCUT2D eigenvalue weighted by Gasteiger charge is 2.29. The maximum Gasteiger partial charge on any atom is 0.277 e. The molecule has 7 rings (SSSR count). The number of thiazole rings is 1. The largest absolute Gasteiger partial charge is 0.324 e. The van der Waals surface area contributed by atoms with Crippen LogP contribution in [0.3, 0.4) is 0 Å². The van der Waals surface area contributed by atoms with Crippen LogP contribution >= 0.6 is 22.7 Å². The lowest BCUT2D eigenvalue weighted by molar-refractivity contribution is 0.101. The number of fused-ring (bicyclic) bond motifs is 2. The number of nitrogens with one attached hydrogen (secondary N) is 2. The van der Waals surface area contributed by atoms with Gasteiger partial charge in [0.15, 0.2) is 5.78 Å². The summed E-state index contributed by atoms with van der Waals surface area (Å²) in [6.45, 7) is 2.50. The number of thiophene rings is 1. The van der Waals surface area contributed by atoms with Gasteiger partial charge in [-0.1, -0.05) is 30.3 Å². The fourth-order valence-electron chi connectivity index (χ4n) is 5.21. The smallest absolute Gasteiger partial charge is 0.277 e. The third-order valence-electron chi connectivity index (χ3n) is 7.30. The Bertz CT molecular complexity index is 1730. The van der Waals surface area contributed by atoms with Crippen molar-refractivity contribution in [2.24, 2.45) is 4.99 Å². The second-order valence-corrected chi connectivity index (χ2v) is 11.6. The van der Waals surface area contributed by atoms with Gasteiger partial charge >= 0.3 is 0 Å². The summed E-state index contributed by atoms with van der Waals surface area (Å²) in [5.74, 6) is 0.272. The van der Waals surface area contributed by atoms with Gasteiger partial charge in [0.1, 0.15) is 12.4 Å². The molecule has 1 amide bonds. The Hall–Kier alpha value is -4.19. The molecule has 11 heteroatoms. The molecule has 0 unspecified atom stereocenters. The number of benzene rings is 2. The van der Waals surface area contributed by atoms with Crippen LogP contribution in [0.15, 0.2) is 70.3 Å². The first-order valence-corrected chi connectivity index (χ1v) is 14.8. The topological polar surface area (TPSA) is 107 Å². The quantitative estimate of drug-likeness (QED) is 0.261. The third-order valence-corrected chi connectivity index (χ3v) is 9.15. The fraction of sp³-hybridized carbons (Fsp3) is 0.207. The predicted molar refractivity (Wildman–Crippen MR) is 159 cm³/mol. The van der Waals surface area contributed by atoms with Crippen molar-refractivity contribution in [3.05, 3.63) is 92.1 Å². The summed E-state index contributed by atoms with van der Waals surface area (Å²) < 4.78 is 0. The number of anilines is 2. The van der Waals surface area contributed by atoms with Gasteiger partial charge < -0.3 is 4.98 Å². The van der Waals surface area contributed by atoms with E-state index in [2.05, 4.69) is 46.7 Å². The lowest BCUT2D eigenvalue weighted by atomic mass is 9.98. The number of carbonyl (C=O) groups excluding carboxylic acids is 2. The van der Waals surface area contributed by atoms with E-state index in [4.69, 9.17) is 0 Å². The molecular weight excluding hydrogens is 543 g/mol. The number of hydrogen-bond donors (Lipinski definition) is 2. The third kappa shape index (κ3) is 4.72. The molecule has 40 heavy (non-hydrogen) atoms. The van der Waals surface area contributed by atoms with Gasteiger partial charge in [0.2, 0.25) is 5.95 Å². The van der Waals surface area contributed by atoms with E-state index >= 15 is 0 Å². The number of carbonyl (C=O) groups is 2. The van der Waals surface area contributed by atoms with Crippen molar-refractivity contribution in [1.29, 1.82) is 0 Å². The normalized spacial score (nSPS) is 15.8. The molecule has 2 N–H and O–H groups in total. The highest BCUT2D eigenvalue weighted by Crippen LogP contribution is 2.34. The number of H-pyrrole nitrogens is 1. The molecule has 5 heterocycles. The minimum atomic E-state index is -0.309. The van der Waals surface area contributed by atoms with E-state index in [1.165, 1.54) is 21.9 Å². The SMILES string of the molecule is O=C(c1ccccc1)c1ccc2nc(NC(=O)c3csc(C4CCN(N5CN=Cc6sccc65)CC4)n3)[nH]c2c1. The van der Waals surface area contributed by atoms with Gasteiger partial charge in [-0.05, 0) is 42.5 Å². The van der Waals surface area contributed by atoms with Crippen molar-refractivity contribution >= 4 is 63.2 Å². The second kappa shape index (κ2) is 10.4. The van der Waals surface area contributed by atoms with Crippen LogP contribution in [0.4, 0.5) is 11.6 Å². The van der Waals surface area contributed by atoms with Crippen LogP contribution in [0.2, 0.25) is 0 Å². The fourth-order valence-corrected chi connectivity index (χ4v) is 6.96. The Balaban J connectivity index is 0.992. The lowest BCUT2D eigenvalue weighted by Gasteiger charge is -2.40. The summed E-state index contributed by atoms with van der Waals surface area (Å²) in [4.78, 5) is 43.8. The maximum absolute atomic E-state index is 13.0. The predicted octanol–water partition coefficient (Wildman–Crippen LogP) is 5.56. The number of hydrazine groups is 1. The van der Waals surface area contributed by atoms with Gasteiger partial charge in [-0.15, -0.1) is 22.7 Å². The molecular formula is C29H25N7O2S2. The first kappa shape index (κ1) is 24.8.